The summed E-state index contributed by atoms with van der Waals surface area (Å²) in [6.07, 6.45) is 5.15. The molecule has 176 valence electrons. The van der Waals surface area contributed by atoms with Crippen LogP contribution in [0.25, 0.3) is 0 Å². The number of nitrogens with zero attached hydrogens (tertiary/aromatic N) is 3. The number of hydrogen-bond donors (Lipinski definition) is 0. The first-order chi connectivity index (χ1) is 15.6. The van der Waals surface area contributed by atoms with Gasteiger partial charge in [0.2, 0.25) is 5.91 Å². The Morgan fingerprint density at radius 1 is 0.938 bits per heavy atom. The van der Waals surface area contributed by atoms with Gasteiger partial charge in [-0.05, 0) is 50.8 Å². The Labute approximate surface area is 191 Å². The molecule has 0 bridgehead atoms. The fraction of sp³-hybridized carbons (Fsp3) is 0.680. The van der Waals surface area contributed by atoms with Crippen molar-refractivity contribution >= 4 is 11.9 Å². The molecular weight excluding hydrogens is 406 g/mol. The summed E-state index contributed by atoms with van der Waals surface area (Å²) in [6.45, 7) is 6.31. The Morgan fingerprint density at radius 3 is 2.44 bits per heavy atom. The fourth-order valence-electron chi connectivity index (χ4n) is 5.11. The van der Waals surface area contributed by atoms with Crippen LogP contribution >= 0.6 is 0 Å². The number of piperidine rings is 1. The zero-order valence-corrected chi connectivity index (χ0v) is 19.4. The Balaban J connectivity index is 1.33. The zero-order chi connectivity index (χ0) is 22.4. The molecule has 1 aromatic carbocycles. The Bertz CT molecular complexity index is 783. The third-order valence-corrected chi connectivity index (χ3v) is 7.36. The van der Waals surface area contributed by atoms with E-state index in [-0.39, 0.29) is 18.5 Å². The summed E-state index contributed by atoms with van der Waals surface area (Å²) in [5.74, 6) is 0.975. The lowest BCUT2D eigenvalue weighted by Gasteiger charge is -2.41. The molecule has 3 aliphatic heterocycles. The molecule has 0 saturated carbocycles. The van der Waals surface area contributed by atoms with Crippen molar-refractivity contribution < 1.29 is 19.1 Å². The van der Waals surface area contributed by atoms with Gasteiger partial charge in [0.25, 0.3) is 0 Å². The van der Waals surface area contributed by atoms with Crippen molar-refractivity contribution in [1.82, 2.24) is 14.7 Å². The molecule has 0 aromatic heterocycles. The smallest absolute Gasteiger partial charge is 0.312 e. The number of esters is 1. The van der Waals surface area contributed by atoms with E-state index in [0.717, 1.165) is 57.6 Å². The van der Waals surface area contributed by atoms with Gasteiger partial charge in [-0.1, -0.05) is 24.6 Å². The molecular formula is C25H37N3O4. The van der Waals surface area contributed by atoms with Gasteiger partial charge in [0.05, 0.1) is 12.0 Å². The first kappa shape index (κ1) is 23.1. The molecule has 1 amide bonds. The van der Waals surface area contributed by atoms with Gasteiger partial charge in [-0.15, -0.1) is 0 Å². The number of rotatable bonds is 2. The van der Waals surface area contributed by atoms with Crippen LogP contribution in [0.1, 0.15) is 37.7 Å². The molecule has 1 aromatic rings. The predicted molar refractivity (Wildman–Crippen MR) is 123 cm³/mol. The van der Waals surface area contributed by atoms with Crippen LogP contribution in [-0.2, 0) is 20.7 Å². The molecule has 32 heavy (non-hydrogen) atoms. The third-order valence-electron chi connectivity index (χ3n) is 7.36. The lowest BCUT2D eigenvalue weighted by atomic mass is 9.74. The van der Waals surface area contributed by atoms with Gasteiger partial charge in [0.1, 0.15) is 19.0 Å². The Hall–Kier alpha value is -2.12. The van der Waals surface area contributed by atoms with E-state index in [2.05, 4.69) is 22.9 Å². The van der Waals surface area contributed by atoms with Crippen LogP contribution in [0.3, 0.4) is 0 Å². The fourth-order valence-corrected chi connectivity index (χ4v) is 5.11. The van der Waals surface area contributed by atoms with Crippen molar-refractivity contribution in [2.45, 2.75) is 38.5 Å². The van der Waals surface area contributed by atoms with Crippen molar-refractivity contribution in [3.05, 3.63) is 29.8 Å². The summed E-state index contributed by atoms with van der Waals surface area (Å²) in [7, 11) is 2.12. The maximum Gasteiger partial charge on any atom is 0.312 e. The lowest BCUT2D eigenvalue weighted by Crippen LogP contribution is -2.52. The average molecular weight is 444 g/mol. The lowest BCUT2D eigenvalue weighted by molar-refractivity contribution is -0.162. The number of fused-ring (bicyclic) bond motifs is 1. The number of benzene rings is 1. The normalized spacial score (nSPS) is 23.4. The van der Waals surface area contributed by atoms with E-state index < -0.39 is 5.41 Å². The largest absolute Gasteiger partial charge is 0.490 e. The number of para-hydroxylation sites is 1. The monoisotopic (exact) mass is 443 g/mol. The number of likely N-dealkylation sites (tertiary alicyclic amines) is 1. The highest BCUT2D eigenvalue weighted by Gasteiger charge is 2.43. The van der Waals surface area contributed by atoms with Gasteiger partial charge in [-0.2, -0.15) is 0 Å². The van der Waals surface area contributed by atoms with Gasteiger partial charge >= 0.3 is 5.97 Å². The molecule has 7 nitrogen and oxygen atoms in total. The Kier molecular flexibility index (Phi) is 7.68. The summed E-state index contributed by atoms with van der Waals surface area (Å²) in [5.41, 5.74) is 0.751. The number of hydrogen-bond acceptors (Lipinski definition) is 6. The minimum atomic E-state index is -0.469. The van der Waals surface area contributed by atoms with E-state index in [9.17, 15) is 9.59 Å². The maximum atomic E-state index is 13.1. The van der Waals surface area contributed by atoms with E-state index in [4.69, 9.17) is 9.47 Å². The molecule has 3 heterocycles. The minimum absolute atomic E-state index is 0.110. The van der Waals surface area contributed by atoms with Gasteiger partial charge in [0, 0.05) is 39.3 Å². The van der Waals surface area contributed by atoms with Crippen LogP contribution in [0.2, 0.25) is 0 Å². The highest BCUT2D eigenvalue weighted by molar-refractivity contribution is 5.80. The summed E-state index contributed by atoms with van der Waals surface area (Å²) in [6, 6.07) is 8.13. The molecule has 2 fully saturated rings. The van der Waals surface area contributed by atoms with Gasteiger partial charge in [0.15, 0.2) is 0 Å². The van der Waals surface area contributed by atoms with Gasteiger partial charge in [-0.3, -0.25) is 14.5 Å². The van der Waals surface area contributed by atoms with E-state index in [1.807, 2.05) is 23.1 Å². The van der Waals surface area contributed by atoms with Crippen LogP contribution in [0.15, 0.2) is 24.3 Å². The van der Waals surface area contributed by atoms with E-state index in [0.29, 0.717) is 39.1 Å². The standard InChI is InChI=1S/C25H37N3O4/c1-26-14-16-27(17-15-26)20-23(29)28-12-10-25(11-13-28)9-5-4-7-21-6-2-3-8-22(21)31-18-19-32-24(25)30/h2-3,6,8H,4-5,7,9-20H2,1H3. The summed E-state index contributed by atoms with van der Waals surface area (Å²) in [5, 5.41) is 0. The molecule has 0 unspecified atom stereocenters. The number of carbonyl (C=O) groups is 2. The molecule has 0 atom stereocenters. The number of amides is 1. The molecule has 7 heteroatoms. The van der Waals surface area contributed by atoms with Crippen LogP contribution in [0.4, 0.5) is 0 Å². The van der Waals surface area contributed by atoms with Crippen LogP contribution in [-0.4, -0.2) is 92.7 Å². The second-order valence-electron chi connectivity index (χ2n) is 9.54. The van der Waals surface area contributed by atoms with Gasteiger partial charge < -0.3 is 19.3 Å². The summed E-state index contributed by atoms with van der Waals surface area (Å²) < 4.78 is 11.5. The number of aryl methyl sites for hydroxylation is 1. The van der Waals surface area contributed by atoms with Crippen molar-refractivity contribution in [1.29, 1.82) is 0 Å². The predicted octanol–water partition coefficient (Wildman–Crippen LogP) is 2.19. The average Bonchev–Trinajstić information content (AvgIpc) is 2.81. The number of ether oxygens (including phenoxy) is 2. The molecule has 3 aliphatic rings. The Morgan fingerprint density at radius 2 is 1.66 bits per heavy atom. The van der Waals surface area contributed by atoms with Crippen molar-refractivity contribution in [2.75, 3.05) is 66.1 Å². The quantitative estimate of drug-likeness (QED) is 0.653. The highest BCUT2D eigenvalue weighted by atomic mass is 16.6. The van der Waals surface area contributed by atoms with Crippen molar-refractivity contribution in [3.8, 4) is 5.75 Å². The first-order valence-electron chi connectivity index (χ1n) is 12.1. The molecule has 0 aliphatic carbocycles. The number of cyclic esters (lactones) is 1. The topological polar surface area (TPSA) is 62.3 Å². The minimum Gasteiger partial charge on any atom is -0.490 e. The van der Waals surface area contributed by atoms with E-state index in [1.54, 1.807) is 0 Å². The summed E-state index contributed by atoms with van der Waals surface area (Å²) >= 11 is 0. The summed E-state index contributed by atoms with van der Waals surface area (Å²) in [4.78, 5) is 32.4. The molecule has 2 saturated heterocycles. The molecule has 0 radical (unpaired) electrons. The van der Waals surface area contributed by atoms with E-state index in [1.165, 1.54) is 5.56 Å². The SMILES string of the molecule is CN1CCN(CC(=O)N2CCC3(CCCCc4ccccc4OCCOC3=O)CC2)CC1. The van der Waals surface area contributed by atoms with Gasteiger partial charge in [-0.25, -0.2) is 0 Å². The number of piperazine rings is 1. The van der Waals surface area contributed by atoms with E-state index >= 15 is 0 Å². The van der Waals surface area contributed by atoms with Crippen LogP contribution in [0, 0.1) is 5.41 Å². The van der Waals surface area contributed by atoms with Crippen LogP contribution < -0.4 is 4.74 Å². The second kappa shape index (κ2) is 10.7. The van der Waals surface area contributed by atoms with Crippen molar-refractivity contribution in [2.24, 2.45) is 5.41 Å². The highest BCUT2D eigenvalue weighted by Crippen LogP contribution is 2.38. The maximum absolute atomic E-state index is 13.1. The van der Waals surface area contributed by atoms with Crippen LogP contribution in [0.5, 0.6) is 5.75 Å². The number of likely N-dealkylation sites (N-methyl/N-ethyl adjacent to an activating group) is 1. The van der Waals surface area contributed by atoms with Crippen molar-refractivity contribution in [3.63, 3.8) is 0 Å². The first-order valence-corrected chi connectivity index (χ1v) is 12.1. The molecule has 4 rings (SSSR count). The molecule has 0 N–H and O–H groups in total. The second-order valence-corrected chi connectivity index (χ2v) is 9.54. The zero-order valence-electron chi connectivity index (χ0n) is 19.4. The number of carbonyl (C=O) groups excluding carboxylic acids is 2. The third kappa shape index (κ3) is 5.62. The molecule has 1 spiro atoms.